The first-order valence-corrected chi connectivity index (χ1v) is 8.09. The maximum atomic E-state index is 9.92. The molecule has 0 aliphatic rings. The number of nitrogens with one attached hydrogen (secondary N) is 1. The molecule has 0 spiro atoms. The monoisotopic (exact) mass is 417 g/mol. The van der Waals surface area contributed by atoms with Crippen LogP contribution in [-0.2, 0) is 11.3 Å². The van der Waals surface area contributed by atoms with E-state index in [9.17, 15) is 5.11 Å². The Morgan fingerprint density at radius 2 is 1.95 bits per heavy atom. The summed E-state index contributed by atoms with van der Waals surface area (Å²) in [6.07, 6.45) is -0.555. The first kappa shape index (κ1) is 16.5. The SMILES string of the molecule is OC(CNc1ccc(Cl)cc1I)COCc1ccccc1. The molecule has 2 aromatic rings. The Labute approximate surface area is 143 Å². The standard InChI is InChI=1S/C16H17ClINO2/c17-13-6-7-16(15(18)8-13)19-9-14(20)11-21-10-12-4-2-1-3-5-12/h1-8,14,19-20H,9-11H2. The summed E-state index contributed by atoms with van der Waals surface area (Å²) >= 11 is 8.11. The number of hydrogen-bond acceptors (Lipinski definition) is 3. The average Bonchev–Trinajstić information content (AvgIpc) is 2.47. The maximum Gasteiger partial charge on any atom is 0.0945 e. The summed E-state index contributed by atoms with van der Waals surface area (Å²) in [5.74, 6) is 0. The summed E-state index contributed by atoms with van der Waals surface area (Å²) < 4.78 is 6.53. The Morgan fingerprint density at radius 3 is 2.67 bits per heavy atom. The van der Waals surface area contributed by atoms with Crippen LogP contribution >= 0.6 is 34.2 Å². The third-order valence-electron chi connectivity index (χ3n) is 2.88. The summed E-state index contributed by atoms with van der Waals surface area (Å²) in [5.41, 5.74) is 2.06. The number of hydrogen-bond donors (Lipinski definition) is 2. The summed E-state index contributed by atoms with van der Waals surface area (Å²) in [6, 6.07) is 15.5. The highest BCUT2D eigenvalue weighted by Crippen LogP contribution is 2.22. The number of halogens is 2. The van der Waals surface area contributed by atoms with E-state index in [1.54, 1.807) is 0 Å². The van der Waals surface area contributed by atoms with Gasteiger partial charge in [-0.3, -0.25) is 0 Å². The van der Waals surface area contributed by atoms with Crippen molar-refractivity contribution in [3.63, 3.8) is 0 Å². The molecule has 2 rings (SSSR count). The fraction of sp³-hybridized carbons (Fsp3) is 0.250. The molecule has 0 saturated heterocycles. The zero-order valence-electron chi connectivity index (χ0n) is 11.4. The zero-order chi connectivity index (χ0) is 15.1. The number of ether oxygens (including phenoxy) is 1. The summed E-state index contributed by atoms with van der Waals surface area (Å²) in [5, 5.41) is 13.8. The number of rotatable bonds is 7. The van der Waals surface area contributed by atoms with Crippen molar-refractivity contribution >= 4 is 39.9 Å². The fourth-order valence-corrected chi connectivity index (χ4v) is 2.87. The van der Waals surface area contributed by atoms with Gasteiger partial charge in [-0.15, -0.1) is 0 Å². The highest BCUT2D eigenvalue weighted by atomic mass is 127. The van der Waals surface area contributed by atoms with Gasteiger partial charge in [-0.05, 0) is 46.4 Å². The molecule has 0 amide bonds. The van der Waals surface area contributed by atoms with Crippen LogP contribution in [0.15, 0.2) is 48.5 Å². The van der Waals surface area contributed by atoms with Crippen LogP contribution in [0.5, 0.6) is 0 Å². The van der Waals surface area contributed by atoms with Crippen molar-refractivity contribution in [2.45, 2.75) is 12.7 Å². The van der Waals surface area contributed by atoms with E-state index >= 15 is 0 Å². The third-order valence-corrected chi connectivity index (χ3v) is 4.01. The molecule has 1 atom stereocenters. The third kappa shape index (κ3) is 5.82. The highest BCUT2D eigenvalue weighted by molar-refractivity contribution is 14.1. The van der Waals surface area contributed by atoms with Crippen molar-refractivity contribution < 1.29 is 9.84 Å². The first-order valence-electron chi connectivity index (χ1n) is 6.64. The second-order valence-corrected chi connectivity index (χ2v) is 6.26. The van der Waals surface area contributed by atoms with E-state index in [0.29, 0.717) is 24.8 Å². The van der Waals surface area contributed by atoms with Gasteiger partial charge in [0, 0.05) is 20.8 Å². The molecule has 2 N–H and O–H groups in total. The van der Waals surface area contributed by atoms with Crippen molar-refractivity contribution in [2.24, 2.45) is 0 Å². The van der Waals surface area contributed by atoms with Gasteiger partial charge in [-0.1, -0.05) is 41.9 Å². The van der Waals surface area contributed by atoms with Gasteiger partial charge in [-0.2, -0.15) is 0 Å². The Kier molecular flexibility index (Phi) is 6.76. The van der Waals surface area contributed by atoms with Gasteiger partial charge in [0.1, 0.15) is 0 Å². The van der Waals surface area contributed by atoms with Crippen LogP contribution in [0, 0.1) is 3.57 Å². The van der Waals surface area contributed by atoms with Crippen molar-refractivity contribution in [1.29, 1.82) is 0 Å². The Balaban J connectivity index is 1.71. The van der Waals surface area contributed by atoms with Gasteiger partial charge >= 0.3 is 0 Å². The lowest BCUT2D eigenvalue weighted by Gasteiger charge is -2.14. The van der Waals surface area contributed by atoms with Crippen LogP contribution in [0.25, 0.3) is 0 Å². The zero-order valence-corrected chi connectivity index (χ0v) is 14.3. The molecule has 2 aromatic carbocycles. The maximum absolute atomic E-state index is 9.92. The molecule has 1 unspecified atom stereocenters. The van der Waals surface area contributed by atoms with E-state index in [0.717, 1.165) is 14.8 Å². The Bertz CT molecular complexity index is 565. The minimum atomic E-state index is -0.555. The quantitative estimate of drug-likeness (QED) is 0.671. The van der Waals surface area contributed by atoms with E-state index in [1.807, 2.05) is 48.5 Å². The normalized spacial score (nSPS) is 12.1. The summed E-state index contributed by atoms with van der Waals surface area (Å²) in [4.78, 5) is 0. The van der Waals surface area contributed by atoms with Crippen molar-refractivity contribution in [2.75, 3.05) is 18.5 Å². The van der Waals surface area contributed by atoms with E-state index < -0.39 is 6.10 Å². The molecular formula is C16H17ClINO2. The van der Waals surface area contributed by atoms with Crippen LogP contribution in [-0.4, -0.2) is 24.4 Å². The molecule has 112 valence electrons. The summed E-state index contributed by atoms with van der Waals surface area (Å²) in [6.45, 7) is 1.24. The van der Waals surface area contributed by atoms with Crippen molar-refractivity contribution in [3.05, 3.63) is 62.7 Å². The van der Waals surface area contributed by atoms with E-state index in [2.05, 4.69) is 27.9 Å². The van der Waals surface area contributed by atoms with E-state index in [-0.39, 0.29) is 0 Å². The largest absolute Gasteiger partial charge is 0.389 e. The van der Waals surface area contributed by atoms with Crippen LogP contribution < -0.4 is 5.32 Å². The van der Waals surface area contributed by atoms with Crippen LogP contribution in [0.4, 0.5) is 5.69 Å². The first-order chi connectivity index (χ1) is 10.1. The predicted molar refractivity (Wildman–Crippen MR) is 94.8 cm³/mol. The van der Waals surface area contributed by atoms with Crippen LogP contribution in [0.1, 0.15) is 5.56 Å². The van der Waals surface area contributed by atoms with Crippen LogP contribution in [0.2, 0.25) is 5.02 Å². The van der Waals surface area contributed by atoms with Gasteiger partial charge in [0.15, 0.2) is 0 Å². The molecule has 0 aliphatic heterocycles. The molecule has 0 radical (unpaired) electrons. The lowest BCUT2D eigenvalue weighted by molar-refractivity contribution is 0.0348. The molecule has 0 aliphatic carbocycles. The second kappa shape index (κ2) is 8.58. The lowest BCUT2D eigenvalue weighted by Crippen LogP contribution is -2.25. The number of benzene rings is 2. The molecular weight excluding hydrogens is 401 g/mol. The Morgan fingerprint density at radius 1 is 1.19 bits per heavy atom. The number of aliphatic hydroxyl groups excluding tert-OH is 1. The number of anilines is 1. The minimum Gasteiger partial charge on any atom is -0.389 e. The molecule has 0 bridgehead atoms. The molecule has 3 nitrogen and oxygen atoms in total. The summed E-state index contributed by atoms with van der Waals surface area (Å²) in [7, 11) is 0. The van der Waals surface area contributed by atoms with Gasteiger partial charge < -0.3 is 15.2 Å². The predicted octanol–water partition coefficient (Wildman–Crippen LogP) is 3.93. The molecule has 0 saturated carbocycles. The molecule has 5 heteroatoms. The topological polar surface area (TPSA) is 41.5 Å². The second-order valence-electron chi connectivity index (χ2n) is 4.66. The van der Waals surface area contributed by atoms with Crippen molar-refractivity contribution in [3.8, 4) is 0 Å². The van der Waals surface area contributed by atoms with Gasteiger partial charge in [0.2, 0.25) is 0 Å². The Hall–Kier alpha value is -0.820. The van der Waals surface area contributed by atoms with E-state index in [4.69, 9.17) is 16.3 Å². The average molecular weight is 418 g/mol. The van der Waals surface area contributed by atoms with Crippen molar-refractivity contribution in [1.82, 2.24) is 0 Å². The van der Waals surface area contributed by atoms with Crippen LogP contribution in [0.3, 0.4) is 0 Å². The molecule has 0 aromatic heterocycles. The molecule has 21 heavy (non-hydrogen) atoms. The van der Waals surface area contributed by atoms with Gasteiger partial charge in [0.05, 0.1) is 19.3 Å². The molecule has 0 fully saturated rings. The lowest BCUT2D eigenvalue weighted by atomic mass is 10.2. The highest BCUT2D eigenvalue weighted by Gasteiger charge is 2.06. The number of aliphatic hydroxyl groups is 1. The van der Waals surface area contributed by atoms with E-state index in [1.165, 1.54) is 0 Å². The smallest absolute Gasteiger partial charge is 0.0945 e. The van der Waals surface area contributed by atoms with Gasteiger partial charge in [-0.25, -0.2) is 0 Å². The fourth-order valence-electron chi connectivity index (χ4n) is 1.81. The van der Waals surface area contributed by atoms with Gasteiger partial charge in [0.25, 0.3) is 0 Å². The molecule has 0 heterocycles. The minimum absolute atomic E-state index is 0.298.